The number of aromatic nitrogens is 1. The Morgan fingerprint density at radius 1 is 1.50 bits per heavy atom. The number of carbonyl (C=O) groups excluding carboxylic acids is 1. The topological polar surface area (TPSA) is 46.1 Å². The number of nitrogens with one attached hydrogen (secondary N) is 2. The van der Waals surface area contributed by atoms with E-state index in [0.717, 1.165) is 6.54 Å². The van der Waals surface area contributed by atoms with Crippen molar-refractivity contribution in [3.05, 3.63) is 23.5 Å². The van der Waals surface area contributed by atoms with Gasteiger partial charge in [-0.3, -0.25) is 10.1 Å². The number of fused-ring (bicyclic) bond motifs is 1. The Balaban J connectivity index is 1.79. The number of piperazine rings is 1. The number of carbonyl (C=O) groups is 1. The van der Waals surface area contributed by atoms with Gasteiger partial charge in [0.2, 0.25) is 5.91 Å². The third-order valence-electron chi connectivity index (χ3n) is 3.57. The van der Waals surface area contributed by atoms with Gasteiger partial charge in [-0.2, -0.15) is 0 Å². The number of aryl methyl sites for hydroxylation is 2. The van der Waals surface area contributed by atoms with Gasteiger partial charge in [0.05, 0.1) is 12.1 Å². The third kappa shape index (κ3) is 1.53. The highest BCUT2D eigenvalue weighted by Gasteiger charge is 2.26. The van der Waals surface area contributed by atoms with Gasteiger partial charge >= 0.3 is 0 Å². The molecule has 4 heteroatoms. The van der Waals surface area contributed by atoms with Gasteiger partial charge in [-0.15, -0.1) is 0 Å². The van der Waals surface area contributed by atoms with Crippen LogP contribution in [-0.2, 0) is 17.8 Å². The van der Waals surface area contributed by atoms with Crippen molar-refractivity contribution in [2.45, 2.75) is 38.4 Å². The minimum atomic E-state index is -0.0894. The molecule has 1 saturated heterocycles. The van der Waals surface area contributed by atoms with E-state index in [1.807, 2.05) is 6.92 Å². The average molecular weight is 219 g/mol. The highest BCUT2D eigenvalue weighted by atomic mass is 16.2. The quantitative estimate of drug-likeness (QED) is 0.726. The number of rotatable bonds is 1. The van der Waals surface area contributed by atoms with Crippen molar-refractivity contribution in [1.29, 1.82) is 0 Å². The molecular formula is C12H17N3O. The van der Waals surface area contributed by atoms with Crippen molar-refractivity contribution in [3.63, 3.8) is 0 Å². The fourth-order valence-corrected chi connectivity index (χ4v) is 2.63. The molecule has 0 spiro atoms. The van der Waals surface area contributed by atoms with Crippen LogP contribution in [0.1, 0.15) is 30.6 Å². The van der Waals surface area contributed by atoms with Gasteiger partial charge in [-0.1, -0.05) is 0 Å². The molecule has 0 aliphatic carbocycles. The standard InChI is InChI=1S/C12H17N3O/c1-8-12(16)13-6-11(14-8)9-5-10-3-2-4-15(10)7-9/h5,7-8,11,14H,2-4,6H2,1H3,(H,13,16)/t8-,11?/m0/s1. The number of amides is 1. The highest BCUT2D eigenvalue weighted by molar-refractivity contribution is 5.82. The minimum Gasteiger partial charge on any atom is -0.353 e. The van der Waals surface area contributed by atoms with Crippen molar-refractivity contribution in [1.82, 2.24) is 15.2 Å². The Labute approximate surface area is 95.0 Å². The molecule has 4 nitrogen and oxygen atoms in total. The lowest BCUT2D eigenvalue weighted by atomic mass is 10.1. The van der Waals surface area contributed by atoms with Crippen molar-refractivity contribution in [2.75, 3.05) is 6.54 Å². The maximum absolute atomic E-state index is 11.3. The first-order valence-electron chi connectivity index (χ1n) is 5.97. The van der Waals surface area contributed by atoms with Gasteiger partial charge in [0, 0.05) is 25.0 Å². The van der Waals surface area contributed by atoms with Gasteiger partial charge < -0.3 is 9.88 Å². The van der Waals surface area contributed by atoms with Crippen LogP contribution in [0.5, 0.6) is 0 Å². The van der Waals surface area contributed by atoms with Gasteiger partial charge in [0.1, 0.15) is 0 Å². The maximum atomic E-state index is 11.3. The highest BCUT2D eigenvalue weighted by Crippen LogP contribution is 2.23. The molecule has 1 unspecified atom stereocenters. The predicted octanol–water partition coefficient (Wildman–Crippen LogP) is 0.583. The van der Waals surface area contributed by atoms with Gasteiger partial charge in [0.25, 0.3) is 0 Å². The van der Waals surface area contributed by atoms with Crippen molar-refractivity contribution in [3.8, 4) is 0 Å². The Hall–Kier alpha value is -1.29. The van der Waals surface area contributed by atoms with E-state index in [1.54, 1.807) is 0 Å². The van der Waals surface area contributed by atoms with Crippen LogP contribution in [0.25, 0.3) is 0 Å². The normalized spacial score (nSPS) is 28.9. The molecule has 0 radical (unpaired) electrons. The molecule has 16 heavy (non-hydrogen) atoms. The lowest BCUT2D eigenvalue weighted by molar-refractivity contribution is -0.124. The fraction of sp³-hybridized carbons (Fsp3) is 0.583. The van der Waals surface area contributed by atoms with Crippen LogP contribution in [0.3, 0.4) is 0 Å². The Bertz CT molecular complexity index is 402. The average Bonchev–Trinajstić information content (AvgIpc) is 2.81. The summed E-state index contributed by atoms with van der Waals surface area (Å²) in [5, 5.41) is 6.28. The first-order valence-corrected chi connectivity index (χ1v) is 5.97. The molecule has 2 aliphatic rings. The number of nitrogens with zero attached hydrogens (tertiary/aromatic N) is 1. The van der Waals surface area contributed by atoms with Crippen LogP contribution in [0.4, 0.5) is 0 Å². The summed E-state index contributed by atoms with van der Waals surface area (Å²) >= 11 is 0. The van der Waals surface area contributed by atoms with Crippen molar-refractivity contribution >= 4 is 5.91 Å². The summed E-state index contributed by atoms with van der Waals surface area (Å²) in [7, 11) is 0. The molecule has 0 bridgehead atoms. The monoisotopic (exact) mass is 219 g/mol. The molecule has 0 aromatic carbocycles. The second-order valence-electron chi connectivity index (χ2n) is 4.75. The molecule has 86 valence electrons. The molecular weight excluding hydrogens is 202 g/mol. The third-order valence-corrected chi connectivity index (χ3v) is 3.57. The zero-order chi connectivity index (χ0) is 11.1. The summed E-state index contributed by atoms with van der Waals surface area (Å²) in [4.78, 5) is 11.3. The zero-order valence-corrected chi connectivity index (χ0v) is 9.49. The molecule has 2 aliphatic heterocycles. The fourth-order valence-electron chi connectivity index (χ4n) is 2.63. The molecule has 1 aromatic heterocycles. The first kappa shape index (κ1) is 9.90. The summed E-state index contributed by atoms with van der Waals surface area (Å²) in [5.41, 5.74) is 2.74. The number of hydrogen-bond acceptors (Lipinski definition) is 2. The lowest BCUT2D eigenvalue weighted by Gasteiger charge is -2.28. The Kier molecular flexibility index (Phi) is 2.24. The van der Waals surface area contributed by atoms with E-state index >= 15 is 0 Å². The lowest BCUT2D eigenvalue weighted by Crippen LogP contribution is -2.52. The van der Waals surface area contributed by atoms with Crippen LogP contribution in [0.2, 0.25) is 0 Å². The molecule has 3 heterocycles. The summed E-state index contributed by atoms with van der Waals surface area (Å²) in [5.74, 6) is 0.100. The summed E-state index contributed by atoms with van der Waals surface area (Å²) in [6.07, 6.45) is 4.68. The van der Waals surface area contributed by atoms with E-state index in [2.05, 4.69) is 27.5 Å². The molecule has 1 fully saturated rings. The van der Waals surface area contributed by atoms with E-state index in [4.69, 9.17) is 0 Å². The van der Waals surface area contributed by atoms with Crippen molar-refractivity contribution < 1.29 is 4.79 Å². The van der Waals surface area contributed by atoms with Crippen LogP contribution in [0.15, 0.2) is 12.3 Å². The molecule has 1 aromatic rings. The van der Waals surface area contributed by atoms with Crippen LogP contribution in [0, 0.1) is 0 Å². The molecule has 2 N–H and O–H groups in total. The summed E-state index contributed by atoms with van der Waals surface area (Å²) in [6, 6.07) is 2.45. The number of hydrogen-bond donors (Lipinski definition) is 2. The van der Waals surface area contributed by atoms with Crippen LogP contribution in [-0.4, -0.2) is 23.1 Å². The van der Waals surface area contributed by atoms with Crippen molar-refractivity contribution in [2.24, 2.45) is 0 Å². The molecule has 3 rings (SSSR count). The van der Waals surface area contributed by atoms with Gasteiger partial charge in [-0.05, 0) is 31.4 Å². The SMILES string of the molecule is C[C@@H]1NC(c2cc3n(c2)CCC3)CNC1=O. The zero-order valence-electron chi connectivity index (χ0n) is 9.49. The maximum Gasteiger partial charge on any atom is 0.236 e. The minimum absolute atomic E-state index is 0.0894. The van der Waals surface area contributed by atoms with E-state index < -0.39 is 0 Å². The second-order valence-corrected chi connectivity index (χ2v) is 4.75. The molecule has 2 atom stereocenters. The van der Waals surface area contributed by atoms with E-state index in [-0.39, 0.29) is 18.0 Å². The molecule has 0 saturated carbocycles. The van der Waals surface area contributed by atoms with Crippen LogP contribution >= 0.6 is 0 Å². The largest absolute Gasteiger partial charge is 0.353 e. The van der Waals surface area contributed by atoms with E-state index in [0.29, 0.717) is 6.54 Å². The first-order chi connectivity index (χ1) is 7.74. The molecule has 1 amide bonds. The van der Waals surface area contributed by atoms with Gasteiger partial charge in [-0.25, -0.2) is 0 Å². The predicted molar refractivity (Wildman–Crippen MR) is 61.1 cm³/mol. The summed E-state index contributed by atoms with van der Waals surface area (Å²) in [6.45, 7) is 3.75. The Morgan fingerprint density at radius 3 is 3.12 bits per heavy atom. The summed E-state index contributed by atoms with van der Waals surface area (Å²) < 4.78 is 2.33. The van der Waals surface area contributed by atoms with E-state index in [9.17, 15) is 4.79 Å². The van der Waals surface area contributed by atoms with Crippen LogP contribution < -0.4 is 10.6 Å². The van der Waals surface area contributed by atoms with Gasteiger partial charge in [0.15, 0.2) is 0 Å². The smallest absolute Gasteiger partial charge is 0.236 e. The second kappa shape index (κ2) is 3.63. The Morgan fingerprint density at radius 2 is 2.38 bits per heavy atom. The van der Waals surface area contributed by atoms with E-state index in [1.165, 1.54) is 24.1 Å².